The van der Waals surface area contributed by atoms with Crippen LogP contribution in [0.1, 0.15) is 40.0 Å². The predicted octanol–water partition coefficient (Wildman–Crippen LogP) is 1.74. The van der Waals surface area contributed by atoms with Gasteiger partial charge < -0.3 is 24.8 Å². The van der Waals surface area contributed by atoms with Crippen LogP contribution in [-0.2, 0) is 9.47 Å². The zero-order valence-corrected chi connectivity index (χ0v) is 13.9. The number of likely N-dealkylation sites (tertiary alicyclic amines) is 1. The first-order chi connectivity index (χ1) is 10.2. The Balaban J connectivity index is 2.63. The summed E-state index contributed by atoms with van der Waals surface area (Å²) in [7, 11) is 1.34. The molecule has 128 valence electrons. The number of aliphatic hydroxyl groups excluding tert-OH is 1. The number of ether oxygens (including phenoxy) is 2. The van der Waals surface area contributed by atoms with Gasteiger partial charge in [0.25, 0.3) is 0 Å². The van der Waals surface area contributed by atoms with E-state index in [1.165, 1.54) is 7.11 Å². The Kier molecular flexibility index (Phi) is 6.93. The molecule has 1 heterocycles. The summed E-state index contributed by atoms with van der Waals surface area (Å²) in [4.78, 5) is 25.2. The first kappa shape index (κ1) is 18.5. The number of alkyl carbamates (subject to hydrolysis) is 1. The van der Waals surface area contributed by atoms with E-state index in [9.17, 15) is 9.59 Å². The third-order valence-corrected chi connectivity index (χ3v) is 3.46. The molecule has 1 aliphatic rings. The van der Waals surface area contributed by atoms with E-state index in [-0.39, 0.29) is 18.6 Å². The van der Waals surface area contributed by atoms with Crippen LogP contribution in [0.25, 0.3) is 0 Å². The van der Waals surface area contributed by atoms with Gasteiger partial charge in [-0.3, -0.25) is 0 Å². The van der Waals surface area contributed by atoms with Crippen molar-refractivity contribution in [3.05, 3.63) is 0 Å². The van der Waals surface area contributed by atoms with Crippen molar-refractivity contribution in [2.24, 2.45) is 5.92 Å². The van der Waals surface area contributed by atoms with E-state index in [1.54, 1.807) is 25.7 Å². The Bertz CT molecular complexity index is 381. The van der Waals surface area contributed by atoms with E-state index in [2.05, 4.69) is 5.32 Å². The van der Waals surface area contributed by atoms with E-state index < -0.39 is 17.8 Å². The number of amides is 2. The number of hydrogen-bond acceptors (Lipinski definition) is 5. The lowest BCUT2D eigenvalue weighted by molar-refractivity contribution is 0.0429. The van der Waals surface area contributed by atoms with Gasteiger partial charge in [0.2, 0.25) is 0 Å². The Labute approximate surface area is 131 Å². The van der Waals surface area contributed by atoms with Gasteiger partial charge in [-0.2, -0.15) is 0 Å². The maximum atomic E-state index is 11.9. The molecule has 0 saturated carbocycles. The number of hydrogen-bond donors (Lipinski definition) is 2. The van der Waals surface area contributed by atoms with E-state index in [1.807, 2.05) is 0 Å². The third-order valence-electron chi connectivity index (χ3n) is 3.46. The van der Waals surface area contributed by atoms with Crippen molar-refractivity contribution in [2.75, 3.05) is 26.8 Å². The largest absolute Gasteiger partial charge is 0.453 e. The molecular weight excluding hydrogens is 288 g/mol. The molecule has 0 bridgehead atoms. The highest BCUT2D eigenvalue weighted by molar-refractivity contribution is 5.69. The molecule has 1 saturated heterocycles. The van der Waals surface area contributed by atoms with Crippen molar-refractivity contribution in [1.29, 1.82) is 0 Å². The number of nitrogens with zero attached hydrogens (tertiary/aromatic N) is 1. The van der Waals surface area contributed by atoms with Gasteiger partial charge >= 0.3 is 12.2 Å². The van der Waals surface area contributed by atoms with Gasteiger partial charge in [-0.05, 0) is 46.0 Å². The fourth-order valence-electron chi connectivity index (χ4n) is 2.65. The standard InChI is InChI=1S/C15H28N2O5/c1-15(2,3)22-13(19)16-12-8-11(6-5-7-18)9-17(10-12)14(20)21-4/h11-12,18H,5-10H2,1-4H3,(H,16,19). The summed E-state index contributed by atoms with van der Waals surface area (Å²) in [6, 6.07) is -0.175. The topological polar surface area (TPSA) is 88.1 Å². The van der Waals surface area contributed by atoms with Gasteiger partial charge in [0.1, 0.15) is 5.60 Å². The van der Waals surface area contributed by atoms with Gasteiger partial charge in [-0.25, -0.2) is 9.59 Å². The molecule has 0 aromatic carbocycles. The van der Waals surface area contributed by atoms with Crippen molar-refractivity contribution in [3.8, 4) is 0 Å². The fraction of sp³-hybridized carbons (Fsp3) is 0.867. The average Bonchev–Trinajstić information content (AvgIpc) is 2.41. The molecule has 0 spiro atoms. The monoisotopic (exact) mass is 316 g/mol. The summed E-state index contributed by atoms with van der Waals surface area (Å²) in [5.41, 5.74) is -0.558. The highest BCUT2D eigenvalue weighted by Gasteiger charge is 2.32. The Morgan fingerprint density at radius 1 is 1.32 bits per heavy atom. The minimum Gasteiger partial charge on any atom is -0.453 e. The van der Waals surface area contributed by atoms with Crippen LogP contribution in [0.4, 0.5) is 9.59 Å². The number of nitrogens with one attached hydrogen (secondary N) is 1. The van der Waals surface area contributed by atoms with Gasteiger partial charge in [0.15, 0.2) is 0 Å². The second kappa shape index (κ2) is 8.22. The van der Waals surface area contributed by atoms with Crippen LogP contribution in [-0.4, -0.2) is 60.6 Å². The van der Waals surface area contributed by atoms with Crippen molar-refractivity contribution in [3.63, 3.8) is 0 Å². The lowest BCUT2D eigenvalue weighted by atomic mass is 9.90. The lowest BCUT2D eigenvalue weighted by Gasteiger charge is -2.37. The fourth-order valence-corrected chi connectivity index (χ4v) is 2.65. The van der Waals surface area contributed by atoms with Gasteiger partial charge in [0, 0.05) is 19.7 Å². The van der Waals surface area contributed by atoms with Gasteiger partial charge in [-0.1, -0.05) is 0 Å². The highest BCUT2D eigenvalue weighted by atomic mass is 16.6. The molecular formula is C15H28N2O5. The Morgan fingerprint density at radius 3 is 2.55 bits per heavy atom. The number of piperidine rings is 1. The van der Waals surface area contributed by atoms with Crippen LogP contribution in [0.15, 0.2) is 0 Å². The first-order valence-electron chi connectivity index (χ1n) is 7.68. The molecule has 7 heteroatoms. The van der Waals surface area contributed by atoms with Crippen LogP contribution in [0.5, 0.6) is 0 Å². The van der Waals surface area contributed by atoms with E-state index in [0.717, 1.165) is 12.8 Å². The molecule has 2 N–H and O–H groups in total. The van der Waals surface area contributed by atoms with Crippen LogP contribution in [0.3, 0.4) is 0 Å². The SMILES string of the molecule is COC(=O)N1CC(CCCO)CC(NC(=O)OC(C)(C)C)C1. The Hall–Kier alpha value is -1.50. The predicted molar refractivity (Wildman–Crippen MR) is 81.6 cm³/mol. The molecule has 0 aliphatic carbocycles. The minimum absolute atomic E-state index is 0.124. The van der Waals surface area contributed by atoms with Crippen molar-refractivity contribution < 1.29 is 24.2 Å². The zero-order chi connectivity index (χ0) is 16.8. The molecule has 1 rings (SSSR count). The number of carbonyl (C=O) groups is 2. The smallest absolute Gasteiger partial charge is 0.409 e. The molecule has 1 aliphatic heterocycles. The summed E-state index contributed by atoms with van der Waals surface area (Å²) in [6.45, 7) is 6.52. The molecule has 0 aromatic heterocycles. The number of rotatable bonds is 4. The van der Waals surface area contributed by atoms with Crippen LogP contribution >= 0.6 is 0 Å². The van der Waals surface area contributed by atoms with Crippen LogP contribution in [0, 0.1) is 5.92 Å². The summed E-state index contributed by atoms with van der Waals surface area (Å²) < 4.78 is 10.0. The molecule has 0 radical (unpaired) electrons. The lowest BCUT2D eigenvalue weighted by Crippen LogP contribution is -2.53. The minimum atomic E-state index is -0.558. The second-order valence-corrected chi connectivity index (χ2v) is 6.69. The molecule has 0 aromatic rings. The molecule has 1 fully saturated rings. The maximum absolute atomic E-state index is 11.9. The zero-order valence-electron chi connectivity index (χ0n) is 13.9. The van der Waals surface area contributed by atoms with Crippen molar-refractivity contribution in [2.45, 2.75) is 51.7 Å². The average molecular weight is 316 g/mol. The summed E-state index contributed by atoms with van der Waals surface area (Å²) in [5, 5.41) is 11.8. The van der Waals surface area contributed by atoms with Crippen LogP contribution < -0.4 is 5.32 Å². The Morgan fingerprint density at radius 2 is 2.00 bits per heavy atom. The molecule has 2 unspecified atom stereocenters. The highest BCUT2D eigenvalue weighted by Crippen LogP contribution is 2.22. The summed E-state index contributed by atoms with van der Waals surface area (Å²) in [6.07, 6.45) is 1.36. The van der Waals surface area contributed by atoms with E-state index in [0.29, 0.717) is 19.5 Å². The number of methoxy groups -OCH3 is 1. The normalized spacial score (nSPS) is 22.1. The molecule has 2 atom stereocenters. The molecule has 7 nitrogen and oxygen atoms in total. The van der Waals surface area contributed by atoms with Crippen molar-refractivity contribution >= 4 is 12.2 Å². The quantitative estimate of drug-likeness (QED) is 0.825. The van der Waals surface area contributed by atoms with E-state index in [4.69, 9.17) is 14.6 Å². The second-order valence-electron chi connectivity index (χ2n) is 6.69. The third kappa shape index (κ3) is 6.51. The maximum Gasteiger partial charge on any atom is 0.409 e. The first-order valence-corrected chi connectivity index (χ1v) is 7.68. The number of aliphatic hydroxyl groups is 1. The molecule has 22 heavy (non-hydrogen) atoms. The van der Waals surface area contributed by atoms with Crippen molar-refractivity contribution in [1.82, 2.24) is 10.2 Å². The number of carbonyl (C=O) groups excluding carboxylic acids is 2. The van der Waals surface area contributed by atoms with E-state index >= 15 is 0 Å². The van der Waals surface area contributed by atoms with Crippen LogP contribution in [0.2, 0.25) is 0 Å². The van der Waals surface area contributed by atoms with Gasteiger partial charge in [0.05, 0.1) is 13.2 Å². The summed E-state index contributed by atoms with van der Waals surface area (Å²) >= 11 is 0. The van der Waals surface area contributed by atoms with Gasteiger partial charge in [-0.15, -0.1) is 0 Å². The summed E-state index contributed by atoms with van der Waals surface area (Å²) in [5.74, 6) is 0.222. The molecule has 2 amide bonds.